The zero-order chi connectivity index (χ0) is 33.3. The van der Waals surface area contributed by atoms with Crippen molar-refractivity contribution in [2.75, 3.05) is 0 Å². The van der Waals surface area contributed by atoms with Crippen molar-refractivity contribution in [3.8, 4) is 0 Å². The normalized spacial score (nSPS) is 17.2. The van der Waals surface area contributed by atoms with Gasteiger partial charge in [-0.05, 0) is 99.4 Å². The third kappa shape index (κ3) is 6.08. The zero-order valence-electron chi connectivity index (χ0n) is 26.4. The maximum Gasteiger partial charge on any atom is 0.303 e. The number of carbonyl (C=O) groups is 4. The van der Waals surface area contributed by atoms with Gasteiger partial charge in [-0.25, -0.2) is 4.99 Å². The van der Waals surface area contributed by atoms with Crippen molar-refractivity contribution in [3.05, 3.63) is 97.6 Å². The zero-order valence-corrected chi connectivity index (χ0v) is 26.4. The second-order valence-corrected chi connectivity index (χ2v) is 11.3. The minimum atomic E-state index is -0.938. The predicted octanol–water partition coefficient (Wildman–Crippen LogP) is 3.84. The number of aromatic nitrogens is 2. The number of nitrogens with zero attached hydrogens (tertiary/aromatic N) is 1. The van der Waals surface area contributed by atoms with Gasteiger partial charge in [0.25, 0.3) is 11.8 Å². The molecule has 2 aromatic heterocycles. The number of aliphatic imine (C=N–C) groups is 1. The predicted molar refractivity (Wildman–Crippen MR) is 174 cm³/mol. The molecule has 10 heteroatoms. The number of allylic oxidation sites excluding steroid dienone is 3. The van der Waals surface area contributed by atoms with Crippen LogP contribution in [0.15, 0.2) is 58.3 Å². The van der Waals surface area contributed by atoms with E-state index in [2.05, 4.69) is 33.4 Å². The van der Waals surface area contributed by atoms with Crippen LogP contribution in [0.5, 0.6) is 0 Å². The van der Waals surface area contributed by atoms with E-state index in [1.807, 2.05) is 40.7 Å². The average Bonchev–Trinajstić information content (AvgIpc) is 3.66. The van der Waals surface area contributed by atoms with Crippen molar-refractivity contribution >= 4 is 46.7 Å². The van der Waals surface area contributed by atoms with Crippen molar-refractivity contribution in [3.63, 3.8) is 0 Å². The van der Waals surface area contributed by atoms with E-state index in [0.29, 0.717) is 44.9 Å². The molecule has 5 N–H and O–H groups in total. The number of amides is 2. The number of hydrogen-bond acceptors (Lipinski definition) is 4. The van der Waals surface area contributed by atoms with E-state index in [1.54, 1.807) is 13.0 Å². The Labute approximate surface area is 261 Å². The van der Waals surface area contributed by atoms with Crippen molar-refractivity contribution in [2.24, 2.45) is 4.99 Å². The van der Waals surface area contributed by atoms with Gasteiger partial charge >= 0.3 is 11.9 Å². The highest BCUT2D eigenvalue weighted by molar-refractivity contribution is 6.36. The number of H-pyrrole nitrogens is 2. The first-order chi connectivity index (χ1) is 21.2. The van der Waals surface area contributed by atoms with Crippen LogP contribution < -0.4 is 16.0 Å². The lowest BCUT2D eigenvalue weighted by Crippen LogP contribution is -2.20. The summed E-state index contributed by atoms with van der Waals surface area (Å²) in [5.41, 5.74) is 9.68. The topological polar surface area (TPSA) is 165 Å². The first kappa shape index (κ1) is 32.7. The largest absolute Gasteiger partial charge is 0.481 e. The molecule has 0 atom stereocenters. The lowest BCUT2D eigenvalue weighted by molar-refractivity contribution is -0.138. The molecule has 45 heavy (non-hydrogen) atoms. The number of rotatable bonds is 11. The summed E-state index contributed by atoms with van der Waals surface area (Å²) < 4.78 is 0. The first-order valence-electron chi connectivity index (χ1n) is 14.6. The van der Waals surface area contributed by atoms with Crippen LogP contribution in [-0.4, -0.2) is 49.6 Å². The molecule has 2 aliphatic heterocycles. The maximum absolute atomic E-state index is 12.4. The number of aromatic amines is 2. The third-order valence-corrected chi connectivity index (χ3v) is 8.65. The van der Waals surface area contributed by atoms with E-state index in [9.17, 15) is 29.4 Å². The average molecular weight is 611 g/mol. The minimum Gasteiger partial charge on any atom is -0.481 e. The Bertz CT molecular complexity index is 1960. The lowest BCUT2D eigenvalue weighted by atomic mass is 9.98. The smallest absolute Gasteiger partial charge is 0.303 e. The Morgan fingerprint density at radius 3 is 1.96 bits per heavy atom. The summed E-state index contributed by atoms with van der Waals surface area (Å²) in [4.78, 5) is 59.3. The molecule has 2 aliphatic rings. The van der Waals surface area contributed by atoms with Gasteiger partial charge in [-0.1, -0.05) is 25.3 Å². The van der Waals surface area contributed by atoms with Gasteiger partial charge in [0, 0.05) is 57.3 Å². The van der Waals surface area contributed by atoms with E-state index in [-0.39, 0.29) is 37.5 Å². The summed E-state index contributed by atoms with van der Waals surface area (Å²) in [7, 11) is 0. The quantitative estimate of drug-likeness (QED) is 0.259. The van der Waals surface area contributed by atoms with Gasteiger partial charge in [-0.15, -0.1) is 0 Å². The van der Waals surface area contributed by atoms with E-state index in [1.165, 1.54) is 6.08 Å². The molecule has 0 unspecified atom stereocenters. The summed E-state index contributed by atoms with van der Waals surface area (Å²) in [6.07, 6.45) is 5.25. The van der Waals surface area contributed by atoms with Crippen molar-refractivity contribution in [2.45, 2.75) is 67.2 Å². The van der Waals surface area contributed by atoms with E-state index in [0.717, 1.165) is 44.3 Å². The van der Waals surface area contributed by atoms with Crippen LogP contribution in [-0.2, 0) is 32.0 Å². The van der Waals surface area contributed by atoms with Crippen LogP contribution in [0.25, 0.3) is 17.2 Å². The molecule has 0 aliphatic carbocycles. The summed E-state index contributed by atoms with van der Waals surface area (Å²) in [5.74, 6) is -2.44. The molecule has 0 saturated carbocycles. The van der Waals surface area contributed by atoms with Gasteiger partial charge in [0.05, 0.1) is 5.71 Å². The monoisotopic (exact) mass is 610 g/mol. The standard InChI is InChI=1S/C35H38N4O6/c1-9-22-19(6)34(44)39-31(22)20(7)30-18(5)25(12-14-29(42)43)33(38-30)21(8)32-24(11-13-28(40)41)17(4)26(36-32)15-27-16(3)23(10-2)35(45)37-27/h9-10,15,36,38H,1-2,11-14H2,3-8H3,(H,37,45)(H,40,41)(H,42,43)/b27-15-,30-20?,33-21?. The molecular formula is C35H38N4O6. The molecule has 4 heterocycles. The van der Waals surface area contributed by atoms with E-state index >= 15 is 0 Å². The number of hydrogen-bond donors (Lipinski definition) is 5. The van der Waals surface area contributed by atoms with Crippen molar-refractivity contribution in [1.82, 2.24) is 15.3 Å². The fourth-order valence-electron chi connectivity index (χ4n) is 5.99. The number of aliphatic carboxylic acids is 2. The molecule has 0 spiro atoms. The Morgan fingerprint density at radius 2 is 1.40 bits per heavy atom. The van der Waals surface area contributed by atoms with Crippen LogP contribution in [0.4, 0.5) is 0 Å². The molecule has 2 aromatic rings. The van der Waals surface area contributed by atoms with Gasteiger partial charge < -0.3 is 25.5 Å². The third-order valence-electron chi connectivity index (χ3n) is 8.65. The second kappa shape index (κ2) is 12.8. The van der Waals surface area contributed by atoms with Crippen molar-refractivity contribution in [1.29, 1.82) is 0 Å². The molecule has 0 radical (unpaired) electrons. The van der Waals surface area contributed by atoms with E-state index in [4.69, 9.17) is 0 Å². The molecule has 2 amide bonds. The number of carboxylic acid groups (broad SMARTS) is 2. The molecule has 0 saturated heterocycles. The first-order valence-corrected chi connectivity index (χ1v) is 14.6. The Hall–Kier alpha value is -5.25. The number of carbonyl (C=O) groups excluding carboxylic acids is 2. The van der Waals surface area contributed by atoms with E-state index < -0.39 is 11.9 Å². The summed E-state index contributed by atoms with van der Waals surface area (Å²) in [6, 6.07) is 0. The summed E-state index contributed by atoms with van der Waals surface area (Å²) >= 11 is 0. The highest BCUT2D eigenvalue weighted by atomic mass is 16.4. The van der Waals surface area contributed by atoms with Gasteiger partial charge in [0.1, 0.15) is 0 Å². The van der Waals surface area contributed by atoms with Gasteiger partial charge in [0.15, 0.2) is 0 Å². The van der Waals surface area contributed by atoms with Crippen LogP contribution in [0, 0.1) is 13.8 Å². The highest BCUT2D eigenvalue weighted by Crippen LogP contribution is 2.29. The molecular weight excluding hydrogens is 572 g/mol. The van der Waals surface area contributed by atoms with Gasteiger partial charge in [-0.2, -0.15) is 0 Å². The van der Waals surface area contributed by atoms with Crippen LogP contribution in [0.1, 0.15) is 74.2 Å². The second-order valence-electron chi connectivity index (χ2n) is 11.3. The molecule has 0 aromatic carbocycles. The maximum atomic E-state index is 12.4. The minimum absolute atomic E-state index is 0.0944. The van der Waals surface area contributed by atoms with Crippen LogP contribution in [0.2, 0.25) is 0 Å². The molecule has 0 fully saturated rings. The van der Waals surface area contributed by atoms with Crippen LogP contribution in [0.3, 0.4) is 0 Å². The summed E-state index contributed by atoms with van der Waals surface area (Å²) in [5, 5.41) is 23.3. The van der Waals surface area contributed by atoms with Gasteiger partial charge in [0.2, 0.25) is 0 Å². The Balaban J connectivity index is 2.02. The summed E-state index contributed by atoms with van der Waals surface area (Å²) in [6.45, 7) is 18.7. The molecule has 234 valence electrons. The molecule has 0 bridgehead atoms. The molecule has 4 rings (SSSR count). The number of nitrogens with one attached hydrogen (secondary N) is 3. The Kier molecular flexibility index (Phi) is 9.27. The SMILES string of the molecule is C=CC1=C(C)C(=O)N=C1C(C)=c1[nH]c(=C(C)c2[nH]c(/C=C3\NC(=O)C(C=C)=C3C)c(C)c2CCC(=O)O)c(CCC(=O)O)c1C. The molecule has 10 nitrogen and oxygen atoms in total. The fraction of sp³-hybridized carbons (Fsp3) is 0.286. The van der Waals surface area contributed by atoms with Crippen LogP contribution >= 0.6 is 0 Å². The highest BCUT2D eigenvalue weighted by Gasteiger charge is 2.26. The number of carboxylic acids is 2. The van der Waals surface area contributed by atoms with Gasteiger partial charge in [-0.3, -0.25) is 19.2 Å². The Morgan fingerprint density at radius 1 is 0.800 bits per heavy atom. The fourth-order valence-corrected chi connectivity index (χ4v) is 5.99. The lowest BCUT2D eigenvalue weighted by Gasteiger charge is -2.06. The van der Waals surface area contributed by atoms with Crippen molar-refractivity contribution < 1.29 is 29.4 Å².